The molecule has 0 saturated carbocycles. The van der Waals surface area contributed by atoms with Crippen LogP contribution in [-0.2, 0) is 0 Å². The smallest absolute Gasteiger partial charge is 0.0540 e. The van der Waals surface area contributed by atoms with Gasteiger partial charge in [0.2, 0.25) is 0 Å². The lowest BCUT2D eigenvalue weighted by Crippen LogP contribution is -2.11. The fraction of sp³-hybridized carbons (Fsp3) is 0. The van der Waals surface area contributed by atoms with Crippen LogP contribution in [0.2, 0.25) is 0 Å². The maximum absolute atomic E-state index is 2.42. The number of anilines is 3. The molecule has 238 valence electrons. The summed E-state index contributed by atoms with van der Waals surface area (Å²) in [5.74, 6) is 0. The number of benzene rings is 10. The first-order valence-corrected chi connectivity index (χ1v) is 17.6. The number of rotatable bonds is 5. The van der Waals surface area contributed by atoms with Gasteiger partial charge in [0, 0.05) is 16.9 Å². The minimum absolute atomic E-state index is 1.11. The van der Waals surface area contributed by atoms with Gasteiger partial charge < -0.3 is 4.90 Å². The van der Waals surface area contributed by atoms with Crippen LogP contribution in [-0.4, -0.2) is 0 Å². The van der Waals surface area contributed by atoms with E-state index in [1.54, 1.807) is 0 Å². The van der Waals surface area contributed by atoms with Crippen molar-refractivity contribution in [2.24, 2.45) is 0 Å². The highest BCUT2D eigenvalue weighted by atomic mass is 15.1. The molecule has 0 aliphatic rings. The summed E-state index contributed by atoms with van der Waals surface area (Å²) in [6, 6.07) is 73.0. The molecule has 0 amide bonds. The van der Waals surface area contributed by atoms with Crippen molar-refractivity contribution in [2.75, 3.05) is 4.90 Å². The lowest BCUT2D eigenvalue weighted by Gasteiger charge is -2.28. The summed E-state index contributed by atoms with van der Waals surface area (Å²) in [4.78, 5) is 2.42. The molecule has 0 spiro atoms. The zero-order chi connectivity index (χ0) is 33.7. The van der Waals surface area contributed by atoms with Crippen molar-refractivity contribution in [3.8, 4) is 22.3 Å². The van der Waals surface area contributed by atoms with Crippen LogP contribution in [0.5, 0.6) is 0 Å². The second kappa shape index (κ2) is 12.0. The molecule has 0 aliphatic carbocycles. The van der Waals surface area contributed by atoms with Gasteiger partial charge in [-0.05, 0) is 107 Å². The first-order chi connectivity index (χ1) is 25.3. The summed E-state index contributed by atoms with van der Waals surface area (Å²) >= 11 is 0. The molecule has 10 rings (SSSR count). The fourth-order valence-corrected chi connectivity index (χ4v) is 7.98. The molecule has 0 N–H and O–H groups in total. The normalized spacial score (nSPS) is 11.5. The zero-order valence-corrected chi connectivity index (χ0v) is 28.0. The van der Waals surface area contributed by atoms with Crippen LogP contribution in [0, 0.1) is 0 Å². The van der Waals surface area contributed by atoms with Gasteiger partial charge in [0.25, 0.3) is 0 Å². The third-order valence-electron chi connectivity index (χ3n) is 10.4. The van der Waals surface area contributed by atoms with Gasteiger partial charge in [0.15, 0.2) is 0 Å². The molecule has 51 heavy (non-hydrogen) atoms. The molecule has 1 heteroatoms. The molecule has 0 saturated heterocycles. The van der Waals surface area contributed by atoms with E-state index < -0.39 is 0 Å². The summed E-state index contributed by atoms with van der Waals surface area (Å²) < 4.78 is 0. The van der Waals surface area contributed by atoms with E-state index in [-0.39, 0.29) is 0 Å². The molecule has 0 radical (unpaired) electrons. The van der Waals surface area contributed by atoms with Crippen molar-refractivity contribution < 1.29 is 0 Å². The quantitative estimate of drug-likeness (QED) is 0.168. The number of nitrogens with zero attached hydrogens (tertiary/aromatic N) is 1. The van der Waals surface area contributed by atoms with E-state index in [1.165, 1.54) is 76.1 Å². The number of para-hydroxylation sites is 1. The highest BCUT2D eigenvalue weighted by Crippen LogP contribution is 2.44. The highest BCUT2D eigenvalue weighted by molar-refractivity contribution is 6.25. The number of hydrogen-bond donors (Lipinski definition) is 0. The van der Waals surface area contributed by atoms with Crippen molar-refractivity contribution in [2.45, 2.75) is 0 Å². The Bertz CT molecular complexity index is 2870. The summed E-state index contributed by atoms with van der Waals surface area (Å²) in [7, 11) is 0. The van der Waals surface area contributed by atoms with E-state index in [2.05, 4.69) is 205 Å². The third-order valence-corrected chi connectivity index (χ3v) is 10.4. The second-order valence-electron chi connectivity index (χ2n) is 13.3. The Morgan fingerprint density at radius 3 is 1.49 bits per heavy atom. The summed E-state index contributed by atoms with van der Waals surface area (Å²) in [6.07, 6.45) is 0. The van der Waals surface area contributed by atoms with Crippen LogP contribution in [0.15, 0.2) is 200 Å². The van der Waals surface area contributed by atoms with Crippen LogP contribution in [0.4, 0.5) is 17.1 Å². The van der Waals surface area contributed by atoms with Crippen molar-refractivity contribution in [3.05, 3.63) is 200 Å². The lowest BCUT2D eigenvalue weighted by atomic mass is 9.93. The van der Waals surface area contributed by atoms with Crippen LogP contribution < -0.4 is 4.90 Å². The van der Waals surface area contributed by atoms with E-state index in [9.17, 15) is 0 Å². The van der Waals surface area contributed by atoms with E-state index in [0.29, 0.717) is 0 Å². The maximum atomic E-state index is 2.42. The van der Waals surface area contributed by atoms with E-state index in [1.807, 2.05) is 0 Å². The monoisotopic (exact) mass is 647 g/mol. The Labute approximate surface area is 297 Å². The van der Waals surface area contributed by atoms with Gasteiger partial charge in [-0.2, -0.15) is 0 Å². The summed E-state index contributed by atoms with van der Waals surface area (Å²) in [5.41, 5.74) is 8.15. The first-order valence-electron chi connectivity index (χ1n) is 17.6. The molecule has 0 fully saturated rings. The minimum Gasteiger partial charge on any atom is -0.310 e. The number of fused-ring (bicyclic) bond motifs is 9. The number of hydrogen-bond acceptors (Lipinski definition) is 1. The van der Waals surface area contributed by atoms with Gasteiger partial charge >= 0.3 is 0 Å². The molecule has 0 bridgehead atoms. The topological polar surface area (TPSA) is 3.24 Å². The molecule has 10 aromatic rings. The Morgan fingerprint density at radius 1 is 0.255 bits per heavy atom. The summed E-state index contributed by atoms with van der Waals surface area (Å²) in [6.45, 7) is 0. The lowest BCUT2D eigenvalue weighted by molar-refractivity contribution is 1.29. The second-order valence-corrected chi connectivity index (χ2v) is 13.3. The Kier molecular flexibility index (Phi) is 6.89. The van der Waals surface area contributed by atoms with E-state index in [4.69, 9.17) is 0 Å². The molecule has 0 aliphatic heterocycles. The predicted molar refractivity (Wildman–Crippen MR) is 220 cm³/mol. The van der Waals surface area contributed by atoms with Crippen LogP contribution in [0.1, 0.15) is 0 Å². The largest absolute Gasteiger partial charge is 0.310 e. The fourth-order valence-electron chi connectivity index (χ4n) is 7.98. The standard InChI is InChI=1S/C50H33N/c1-2-12-35(13-3-1)42-16-10-11-21-50(42)51(40-30-31-47-45-19-7-6-17-43(45)44-18-8-9-20-46(44)49(47)33-40)39-28-26-34(27-29-39)38-25-24-37-23-22-36-14-4-5-15-41(36)48(37)32-38/h1-33H. The van der Waals surface area contributed by atoms with Gasteiger partial charge in [0.1, 0.15) is 0 Å². The molecule has 0 unspecified atom stereocenters. The molecule has 0 aromatic heterocycles. The predicted octanol–water partition coefficient (Wildman–Crippen LogP) is 14.3. The molecule has 0 atom stereocenters. The van der Waals surface area contributed by atoms with Crippen LogP contribution in [0.3, 0.4) is 0 Å². The molecule has 10 aromatic carbocycles. The van der Waals surface area contributed by atoms with Crippen molar-refractivity contribution in [1.29, 1.82) is 0 Å². The molecule has 0 heterocycles. The Balaban J connectivity index is 1.17. The Hall–Kier alpha value is -6.70. The SMILES string of the molecule is c1ccc(-c2ccccc2N(c2ccc(-c3ccc4ccc5ccccc5c4c3)cc2)c2ccc3c4ccccc4c4ccccc4c3c2)cc1. The Morgan fingerprint density at radius 2 is 0.765 bits per heavy atom. The first kappa shape index (κ1) is 29.2. The van der Waals surface area contributed by atoms with Crippen LogP contribution >= 0.6 is 0 Å². The van der Waals surface area contributed by atoms with Gasteiger partial charge in [-0.1, -0.05) is 164 Å². The van der Waals surface area contributed by atoms with Gasteiger partial charge in [-0.3, -0.25) is 0 Å². The van der Waals surface area contributed by atoms with E-state index >= 15 is 0 Å². The van der Waals surface area contributed by atoms with Gasteiger partial charge in [-0.15, -0.1) is 0 Å². The maximum Gasteiger partial charge on any atom is 0.0540 e. The molecule has 1 nitrogen and oxygen atoms in total. The van der Waals surface area contributed by atoms with Crippen LogP contribution in [0.25, 0.3) is 76.1 Å². The minimum atomic E-state index is 1.11. The zero-order valence-electron chi connectivity index (χ0n) is 28.0. The highest BCUT2D eigenvalue weighted by Gasteiger charge is 2.19. The molecular weight excluding hydrogens is 615 g/mol. The average Bonchev–Trinajstić information content (AvgIpc) is 3.21. The van der Waals surface area contributed by atoms with Gasteiger partial charge in [0.05, 0.1) is 5.69 Å². The van der Waals surface area contributed by atoms with Crippen molar-refractivity contribution in [3.63, 3.8) is 0 Å². The van der Waals surface area contributed by atoms with Gasteiger partial charge in [-0.25, -0.2) is 0 Å². The van der Waals surface area contributed by atoms with Crippen molar-refractivity contribution >= 4 is 70.9 Å². The molecular formula is C50H33N. The van der Waals surface area contributed by atoms with E-state index in [0.717, 1.165) is 17.1 Å². The summed E-state index contributed by atoms with van der Waals surface area (Å²) in [5, 5.41) is 12.7. The van der Waals surface area contributed by atoms with Crippen molar-refractivity contribution in [1.82, 2.24) is 0 Å². The third kappa shape index (κ3) is 4.94. The average molecular weight is 648 g/mol.